The van der Waals surface area contributed by atoms with E-state index in [0.717, 1.165) is 6.42 Å². The first-order valence-corrected chi connectivity index (χ1v) is 14.2. The van der Waals surface area contributed by atoms with Crippen LogP contribution in [-0.2, 0) is 12.6 Å². The van der Waals surface area contributed by atoms with E-state index in [4.69, 9.17) is 0 Å². The topological polar surface area (TPSA) is 34.1 Å². The molecule has 0 radical (unpaired) electrons. The third-order valence-corrected chi connectivity index (χ3v) is 7.15. The van der Waals surface area contributed by atoms with Gasteiger partial charge in [0.25, 0.3) is 0 Å². The average molecular weight is 488 g/mol. The van der Waals surface area contributed by atoms with Gasteiger partial charge in [-0.3, -0.25) is 0 Å². The fraction of sp³-hybridized carbons (Fsp3) is 0.750. The van der Waals surface area contributed by atoms with Crippen LogP contribution in [0.2, 0.25) is 0 Å². The molecule has 0 spiro atoms. The lowest BCUT2D eigenvalue weighted by molar-refractivity contribution is 0.529. The van der Waals surface area contributed by atoms with Gasteiger partial charge >= 0.3 is 19.8 Å². The van der Waals surface area contributed by atoms with Crippen molar-refractivity contribution in [3.63, 3.8) is 0 Å². The fourth-order valence-corrected chi connectivity index (χ4v) is 4.58. The van der Waals surface area contributed by atoms with Gasteiger partial charge in [-0.25, -0.2) is 6.14 Å². The lowest BCUT2D eigenvalue weighted by atomic mass is 10.0. The van der Waals surface area contributed by atoms with Crippen molar-refractivity contribution in [2.75, 3.05) is 0 Å². The third kappa shape index (κ3) is 14.2. The normalized spacial score (nSPS) is 11.3. The SMILES string of the molecule is CCCCCCCCCCCCCCCCCCc1ccc(I(=O)=O)cc1. The maximum atomic E-state index is 11.0. The van der Waals surface area contributed by atoms with E-state index in [1.54, 1.807) is 12.1 Å². The van der Waals surface area contributed by atoms with Crippen LogP contribution in [0.15, 0.2) is 24.3 Å². The minimum Gasteiger partial charge on any atom is -0.230 e. The van der Waals surface area contributed by atoms with Gasteiger partial charge in [0.2, 0.25) is 0 Å². The maximum Gasteiger partial charge on any atom is 0.340 e. The van der Waals surface area contributed by atoms with E-state index in [9.17, 15) is 6.14 Å². The summed E-state index contributed by atoms with van der Waals surface area (Å²) in [6, 6.07) is 7.46. The summed E-state index contributed by atoms with van der Waals surface area (Å²) in [5, 5.41) is 0. The van der Waals surface area contributed by atoms with E-state index >= 15 is 0 Å². The molecule has 0 amide bonds. The molecule has 0 bridgehead atoms. The fourth-order valence-electron chi connectivity index (χ4n) is 3.63. The number of hydrogen-bond acceptors (Lipinski definition) is 2. The Labute approximate surface area is 175 Å². The second kappa shape index (κ2) is 17.6. The third-order valence-electron chi connectivity index (χ3n) is 5.41. The zero-order chi connectivity index (χ0) is 19.6. The standard InChI is InChI=1S/C24H41IO2/c1-2-3-4-5-6-7-8-9-10-11-12-13-14-15-16-17-18-23-19-21-24(22-20-23)25(26)27/h19-22H,2-18H2,1H3. The van der Waals surface area contributed by atoms with E-state index in [1.807, 2.05) is 12.1 Å². The quantitative estimate of drug-likeness (QED) is 0.153. The Morgan fingerprint density at radius 2 is 0.926 bits per heavy atom. The molecule has 0 fully saturated rings. The Morgan fingerprint density at radius 3 is 1.30 bits per heavy atom. The van der Waals surface area contributed by atoms with Crippen molar-refractivity contribution in [1.82, 2.24) is 0 Å². The van der Waals surface area contributed by atoms with Gasteiger partial charge < -0.3 is 0 Å². The molecular weight excluding hydrogens is 447 g/mol. The largest absolute Gasteiger partial charge is 0.340 e. The number of aryl methyl sites for hydroxylation is 1. The Hall–Kier alpha value is -0.450. The van der Waals surface area contributed by atoms with Gasteiger partial charge in [0.05, 0.1) is 3.57 Å². The first-order valence-electron chi connectivity index (χ1n) is 11.4. The number of rotatable bonds is 18. The van der Waals surface area contributed by atoms with E-state index in [1.165, 1.54) is 108 Å². The summed E-state index contributed by atoms with van der Waals surface area (Å²) < 4.78 is 22.4. The predicted octanol–water partition coefficient (Wildman–Crippen LogP) is 8.86. The molecule has 0 unspecified atom stereocenters. The van der Waals surface area contributed by atoms with Crippen molar-refractivity contribution in [1.29, 1.82) is 0 Å². The van der Waals surface area contributed by atoms with Crippen LogP contribution in [0.25, 0.3) is 0 Å². The highest BCUT2D eigenvalue weighted by atomic mass is 127. The van der Waals surface area contributed by atoms with Crippen LogP contribution in [0, 0.1) is 3.57 Å². The monoisotopic (exact) mass is 488 g/mol. The summed E-state index contributed by atoms with van der Waals surface area (Å²) >= 11 is -3.28. The molecule has 0 aliphatic rings. The van der Waals surface area contributed by atoms with Crippen molar-refractivity contribution >= 4 is 19.8 Å². The Balaban J connectivity index is 1.81. The van der Waals surface area contributed by atoms with Crippen LogP contribution >= 0.6 is 19.8 Å². The second-order valence-electron chi connectivity index (χ2n) is 7.90. The lowest BCUT2D eigenvalue weighted by Gasteiger charge is -2.04. The van der Waals surface area contributed by atoms with E-state index in [0.29, 0.717) is 3.57 Å². The molecule has 0 aliphatic carbocycles. The predicted molar refractivity (Wildman–Crippen MR) is 124 cm³/mol. The summed E-state index contributed by atoms with van der Waals surface area (Å²) in [7, 11) is 0. The van der Waals surface area contributed by atoms with Crippen LogP contribution in [0.3, 0.4) is 0 Å². The molecule has 0 aromatic heterocycles. The van der Waals surface area contributed by atoms with Crippen molar-refractivity contribution in [3.8, 4) is 0 Å². The van der Waals surface area contributed by atoms with Crippen LogP contribution in [0.5, 0.6) is 0 Å². The molecule has 0 N–H and O–H groups in total. The summed E-state index contributed by atoms with van der Waals surface area (Å²) in [5.74, 6) is 0. The zero-order valence-electron chi connectivity index (χ0n) is 17.5. The molecule has 1 aromatic rings. The first kappa shape index (κ1) is 24.6. The van der Waals surface area contributed by atoms with Crippen molar-refractivity contribution in [2.45, 2.75) is 116 Å². The van der Waals surface area contributed by atoms with Gasteiger partial charge in [-0.2, -0.15) is 0 Å². The summed E-state index contributed by atoms with van der Waals surface area (Å²) in [6.07, 6.45) is 23.4. The van der Waals surface area contributed by atoms with Gasteiger partial charge in [0.15, 0.2) is 0 Å². The lowest BCUT2D eigenvalue weighted by Crippen LogP contribution is -1.87. The van der Waals surface area contributed by atoms with Crippen molar-refractivity contribution in [3.05, 3.63) is 33.4 Å². The number of unbranched alkanes of at least 4 members (excludes halogenated alkanes) is 15. The molecule has 2 nitrogen and oxygen atoms in total. The Morgan fingerprint density at radius 1 is 0.556 bits per heavy atom. The van der Waals surface area contributed by atoms with E-state index < -0.39 is 19.8 Å². The van der Waals surface area contributed by atoms with Crippen molar-refractivity contribution < 1.29 is 6.14 Å². The first-order chi connectivity index (χ1) is 13.2. The summed E-state index contributed by atoms with van der Waals surface area (Å²) in [5.41, 5.74) is 1.27. The van der Waals surface area contributed by atoms with Crippen LogP contribution in [0.1, 0.15) is 115 Å². The molecule has 156 valence electrons. The molecular formula is C24H41IO2. The minimum absolute atomic E-state index is 0.509. The summed E-state index contributed by atoms with van der Waals surface area (Å²) in [4.78, 5) is 0. The molecule has 1 rings (SSSR count). The van der Waals surface area contributed by atoms with Crippen molar-refractivity contribution in [2.24, 2.45) is 0 Å². The van der Waals surface area contributed by atoms with Gasteiger partial charge in [0, 0.05) is 0 Å². The average Bonchev–Trinajstić information content (AvgIpc) is 2.68. The van der Waals surface area contributed by atoms with Gasteiger partial charge in [-0.1, -0.05) is 115 Å². The molecule has 0 aliphatic heterocycles. The molecule has 3 heteroatoms. The molecule has 27 heavy (non-hydrogen) atoms. The molecule has 0 heterocycles. The molecule has 0 saturated carbocycles. The zero-order valence-corrected chi connectivity index (χ0v) is 19.7. The highest BCUT2D eigenvalue weighted by Gasteiger charge is 1.99. The van der Waals surface area contributed by atoms with Gasteiger partial charge in [-0.05, 0) is 30.5 Å². The molecule has 1 aromatic carbocycles. The van der Waals surface area contributed by atoms with E-state index in [-0.39, 0.29) is 0 Å². The van der Waals surface area contributed by atoms with Gasteiger partial charge in [0.1, 0.15) is 0 Å². The Kier molecular flexibility index (Phi) is 16.1. The summed E-state index contributed by atoms with van der Waals surface area (Å²) in [6.45, 7) is 2.28. The minimum atomic E-state index is -3.28. The number of hydrogen-bond donors (Lipinski definition) is 0. The highest BCUT2D eigenvalue weighted by Crippen LogP contribution is 2.18. The van der Waals surface area contributed by atoms with E-state index in [2.05, 4.69) is 6.92 Å². The maximum absolute atomic E-state index is 11.0. The second-order valence-corrected chi connectivity index (χ2v) is 10.4. The van der Waals surface area contributed by atoms with Crippen LogP contribution in [-0.4, -0.2) is 0 Å². The highest BCUT2D eigenvalue weighted by molar-refractivity contribution is 14.2. The Bertz CT molecular complexity index is 512. The van der Waals surface area contributed by atoms with Gasteiger partial charge in [-0.15, -0.1) is 0 Å². The molecule has 0 atom stereocenters. The smallest absolute Gasteiger partial charge is 0.230 e. The molecule has 0 saturated heterocycles. The van der Waals surface area contributed by atoms with Crippen LogP contribution < -0.4 is 0 Å². The van der Waals surface area contributed by atoms with Crippen LogP contribution in [0.4, 0.5) is 0 Å². The number of benzene rings is 1. The number of halogens is 1.